The summed E-state index contributed by atoms with van der Waals surface area (Å²) in [5.74, 6) is 0.334. The van der Waals surface area contributed by atoms with Crippen LogP contribution in [0.3, 0.4) is 0 Å². The molecule has 0 bridgehead atoms. The SMILES string of the molecule is Cc1cc(O)c(-[n+]2ccccc2)cc1O. The van der Waals surface area contributed by atoms with Crippen LogP contribution in [0.4, 0.5) is 0 Å². The van der Waals surface area contributed by atoms with Gasteiger partial charge in [0.15, 0.2) is 18.1 Å². The second-order valence-electron chi connectivity index (χ2n) is 3.41. The number of rotatable bonds is 1. The van der Waals surface area contributed by atoms with Gasteiger partial charge in [0, 0.05) is 12.1 Å². The molecule has 0 amide bonds. The zero-order chi connectivity index (χ0) is 10.8. The minimum atomic E-state index is 0.154. The number of hydrogen-bond donors (Lipinski definition) is 2. The van der Waals surface area contributed by atoms with Crippen molar-refractivity contribution in [1.29, 1.82) is 0 Å². The number of aromatic nitrogens is 1. The van der Waals surface area contributed by atoms with Crippen molar-refractivity contribution in [3.63, 3.8) is 0 Å². The van der Waals surface area contributed by atoms with Crippen molar-refractivity contribution in [3.05, 3.63) is 48.3 Å². The third kappa shape index (κ3) is 1.76. The van der Waals surface area contributed by atoms with Crippen LogP contribution in [0.5, 0.6) is 11.5 Å². The molecule has 0 radical (unpaired) electrons. The molecule has 0 atom stereocenters. The lowest BCUT2D eigenvalue weighted by atomic mass is 10.2. The number of phenols is 2. The van der Waals surface area contributed by atoms with Gasteiger partial charge in [0.05, 0.1) is 6.07 Å². The fourth-order valence-corrected chi connectivity index (χ4v) is 1.44. The van der Waals surface area contributed by atoms with Crippen LogP contribution >= 0.6 is 0 Å². The predicted octanol–water partition coefficient (Wildman–Crippen LogP) is 1.68. The average molecular weight is 202 g/mol. The summed E-state index contributed by atoms with van der Waals surface area (Å²) in [7, 11) is 0. The number of nitrogens with zero attached hydrogens (tertiary/aromatic N) is 1. The lowest BCUT2D eigenvalue weighted by molar-refractivity contribution is -0.596. The molecule has 15 heavy (non-hydrogen) atoms. The quantitative estimate of drug-likeness (QED) is 0.546. The molecule has 76 valence electrons. The lowest BCUT2D eigenvalue weighted by Gasteiger charge is -2.02. The Morgan fingerprint density at radius 3 is 2.27 bits per heavy atom. The van der Waals surface area contributed by atoms with Gasteiger partial charge in [-0.05, 0) is 18.6 Å². The van der Waals surface area contributed by atoms with Crippen molar-refractivity contribution in [2.24, 2.45) is 0 Å². The Morgan fingerprint density at radius 1 is 0.933 bits per heavy atom. The van der Waals surface area contributed by atoms with E-state index in [2.05, 4.69) is 0 Å². The molecule has 2 aromatic rings. The molecule has 0 aliphatic rings. The fraction of sp³-hybridized carbons (Fsp3) is 0.0833. The van der Waals surface area contributed by atoms with Crippen LogP contribution in [-0.2, 0) is 0 Å². The second kappa shape index (κ2) is 3.61. The van der Waals surface area contributed by atoms with Gasteiger partial charge in [-0.1, -0.05) is 6.07 Å². The van der Waals surface area contributed by atoms with Crippen molar-refractivity contribution in [2.75, 3.05) is 0 Å². The van der Waals surface area contributed by atoms with Gasteiger partial charge >= 0.3 is 0 Å². The first kappa shape index (κ1) is 9.52. The van der Waals surface area contributed by atoms with E-state index in [1.54, 1.807) is 23.6 Å². The molecule has 1 aromatic carbocycles. The van der Waals surface area contributed by atoms with E-state index in [4.69, 9.17) is 0 Å². The van der Waals surface area contributed by atoms with E-state index >= 15 is 0 Å². The minimum Gasteiger partial charge on any atom is -0.507 e. The highest BCUT2D eigenvalue weighted by Gasteiger charge is 2.13. The van der Waals surface area contributed by atoms with Crippen LogP contribution in [0.1, 0.15) is 5.56 Å². The van der Waals surface area contributed by atoms with Crippen LogP contribution in [0.25, 0.3) is 5.69 Å². The molecule has 0 spiro atoms. The molecular weight excluding hydrogens is 190 g/mol. The molecule has 2 N–H and O–H groups in total. The van der Waals surface area contributed by atoms with E-state index in [0.29, 0.717) is 11.3 Å². The third-order valence-electron chi connectivity index (χ3n) is 2.29. The number of pyridine rings is 1. The summed E-state index contributed by atoms with van der Waals surface area (Å²) in [5, 5.41) is 19.3. The summed E-state index contributed by atoms with van der Waals surface area (Å²) in [6.07, 6.45) is 3.62. The Morgan fingerprint density at radius 2 is 1.60 bits per heavy atom. The molecule has 0 aliphatic carbocycles. The number of aryl methyl sites for hydroxylation is 1. The fourth-order valence-electron chi connectivity index (χ4n) is 1.44. The monoisotopic (exact) mass is 202 g/mol. The van der Waals surface area contributed by atoms with Gasteiger partial charge in [0.25, 0.3) is 5.69 Å². The first-order chi connectivity index (χ1) is 7.18. The van der Waals surface area contributed by atoms with Crippen LogP contribution in [0.2, 0.25) is 0 Å². The standard InChI is InChI=1S/C12H11NO2/c1-9-7-12(15)10(8-11(9)14)13-5-3-2-4-6-13/h2-8H,1H3,(H-,14,15)/p+1. The smallest absolute Gasteiger partial charge is 0.256 e. The number of hydrogen-bond acceptors (Lipinski definition) is 2. The van der Waals surface area contributed by atoms with Gasteiger partial charge < -0.3 is 10.2 Å². The van der Waals surface area contributed by atoms with E-state index in [-0.39, 0.29) is 11.5 Å². The largest absolute Gasteiger partial charge is 0.507 e. The summed E-state index contributed by atoms with van der Waals surface area (Å²) in [5.41, 5.74) is 1.23. The Labute approximate surface area is 87.9 Å². The zero-order valence-electron chi connectivity index (χ0n) is 8.38. The molecule has 0 unspecified atom stereocenters. The van der Waals surface area contributed by atoms with Crippen LogP contribution in [0.15, 0.2) is 42.7 Å². The molecule has 0 saturated heterocycles. The summed E-state index contributed by atoms with van der Waals surface area (Å²) < 4.78 is 1.74. The van der Waals surface area contributed by atoms with Crippen molar-refractivity contribution in [3.8, 4) is 17.2 Å². The van der Waals surface area contributed by atoms with Crippen molar-refractivity contribution in [2.45, 2.75) is 6.92 Å². The number of phenolic OH excluding ortho intramolecular Hbond substituents is 2. The summed E-state index contributed by atoms with van der Waals surface area (Å²) in [6, 6.07) is 8.70. The summed E-state index contributed by atoms with van der Waals surface area (Å²) in [6.45, 7) is 1.74. The van der Waals surface area contributed by atoms with Gasteiger partial charge in [0.2, 0.25) is 0 Å². The van der Waals surface area contributed by atoms with E-state index in [1.165, 1.54) is 0 Å². The molecule has 0 saturated carbocycles. The van der Waals surface area contributed by atoms with Crippen molar-refractivity contribution >= 4 is 0 Å². The number of benzene rings is 1. The first-order valence-corrected chi connectivity index (χ1v) is 4.68. The van der Waals surface area contributed by atoms with E-state index < -0.39 is 0 Å². The molecular formula is C12H12NO2+. The highest BCUT2D eigenvalue weighted by atomic mass is 16.3. The van der Waals surface area contributed by atoms with Crippen molar-refractivity contribution < 1.29 is 14.8 Å². The highest BCUT2D eigenvalue weighted by molar-refractivity contribution is 5.48. The molecule has 0 fully saturated rings. The van der Waals surface area contributed by atoms with Gasteiger partial charge in [-0.15, -0.1) is 0 Å². The Hall–Kier alpha value is -2.03. The van der Waals surface area contributed by atoms with Gasteiger partial charge in [0.1, 0.15) is 5.75 Å². The normalized spacial score (nSPS) is 10.2. The summed E-state index contributed by atoms with van der Waals surface area (Å²) >= 11 is 0. The average Bonchev–Trinajstić information content (AvgIpc) is 2.25. The van der Waals surface area contributed by atoms with Gasteiger partial charge in [-0.2, -0.15) is 4.57 Å². The van der Waals surface area contributed by atoms with Gasteiger partial charge in [-0.3, -0.25) is 0 Å². The van der Waals surface area contributed by atoms with Crippen LogP contribution in [0, 0.1) is 6.92 Å². The molecule has 3 nitrogen and oxygen atoms in total. The maximum absolute atomic E-state index is 9.74. The molecule has 1 heterocycles. The Kier molecular flexibility index (Phi) is 2.29. The Balaban J connectivity index is 2.59. The second-order valence-corrected chi connectivity index (χ2v) is 3.41. The molecule has 0 aliphatic heterocycles. The van der Waals surface area contributed by atoms with E-state index in [1.807, 2.05) is 30.6 Å². The van der Waals surface area contributed by atoms with Crippen LogP contribution < -0.4 is 4.57 Å². The topological polar surface area (TPSA) is 44.3 Å². The first-order valence-electron chi connectivity index (χ1n) is 4.68. The molecule has 1 aromatic heterocycles. The maximum Gasteiger partial charge on any atom is 0.256 e. The summed E-state index contributed by atoms with van der Waals surface area (Å²) in [4.78, 5) is 0. The van der Waals surface area contributed by atoms with E-state index in [9.17, 15) is 10.2 Å². The lowest BCUT2D eigenvalue weighted by Crippen LogP contribution is -2.28. The maximum atomic E-state index is 9.74. The zero-order valence-corrected chi connectivity index (χ0v) is 8.38. The minimum absolute atomic E-state index is 0.154. The highest BCUT2D eigenvalue weighted by Crippen LogP contribution is 2.26. The molecule has 2 rings (SSSR count). The predicted molar refractivity (Wildman–Crippen MR) is 56.0 cm³/mol. The molecule has 3 heteroatoms. The Bertz CT molecular complexity index is 480. The van der Waals surface area contributed by atoms with Gasteiger partial charge in [-0.25, -0.2) is 0 Å². The van der Waals surface area contributed by atoms with E-state index in [0.717, 1.165) is 0 Å². The number of aromatic hydroxyl groups is 2. The third-order valence-corrected chi connectivity index (χ3v) is 2.29. The van der Waals surface area contributed by atoms with Crippen molar-refractivity contribution in [1.82, 2.24) is 0 Å². The van der Waals surface area contributed by atoms with Crippen LogP contribution in [-0.4, -0.2) is 10.2 Å².